The van der Waals surface area contributed by atoms with Gasteiger partial charge in [0.1, 0.15) is 0 Å². The number of benzene rings is 2. The number of fused-ring (bicyclic) bond motifs is 3. The van der Waals surface area contributed by atoms with Gasteiger partial charge in [-0.15, -0.1) is 0 Å². The second-order valence-corrected chi connectivity index (χ2v) is 12.5. The largest absolute Gasteiger partial charge is 0.493 e. The quantitative estimate of drug-likeness (QED) is 0.400. The van der Waals surface area contributed by atoms with Gasteiger partial charge in [0.25, 0.3) is 0 Å². The minimum absolute atomic E-state index is 0.0297. The lowest BCUT2D eigenvalue weighted by atomic mass is 9.62. The van der Waals surface area contributed by atoms with E-state index in [4.69, 9.17) is 33.2 Å². The van der Waals surface area contributed by atoms with Crippen LogP contribution in [0.1, 0.15) is 68.6 Å². The van der Waals surface area contributed by atoms with Gasteiger partial charge < -0.3 is 38.3 Å². The summed E-state index contributed by atoms with van der Waals surface area (Å²) in [5.41, 5.74) is 1.88. The number of rotatable bonds is 8. The van der Waals surface area contributed by atoms with E-state index in [2.05, 4.69) is 20.8 Å². The fourth-order valence-corrected chi connectivity index (χ4v) is 7.76. The van der Waals surface area contributed by atoms with Gasteiger partial charge >= 0.3 is 11.9 Å². The number of carbonyl (C=O) groups is 2. The second kappa shape index (κ2) is 11.4. The summed E-state index contributed by atoms with van der Waals surface area (Å²) in [6, 6.07) is 7.13. The van der Waals surface area contributed by atoms with Crippen molar-refractivity contribution >= 4 is 11.9 Å². The Morgan fingerprint density at radius 2 is 1.60 bits per heavy atom. The molecular formula is C33H40O10. The predicted octanol–water partition coefficient (Wildman–Crippen LogP) is 5.35. The molecule has 6 rings (SSSR count). The van der Waals surface area contributed by atoms with E-state index in [0.717, 1.165) is 19.3 Å². The van der Waals surface area contributed by atoms with Crippen LogP contribution < -0.4 is 23.7 Å². The third kappa shape index (κ3) is 4.93. The standard InChI is InChI=1S/C33H40O10/c1-15(2)18-8-7-16(3)9-21(18)42-33-29-27(31(34)35)20-13-23-22(40-14-41-23)12-19(20)26(28(29)32(36)43-33)17-10-24(37-4)30(39-6)25(11-17)38-5/h10-13,15-16,18,21,26-29,33H,7-9,14H2,1-6H3,(H,34,35)/t16-,18+,21-,26+,27-,28+,29+,33+/m0/s1. The zero-order valence-corrected chi connectivity index (χ0v) is 25.5. The number of carboxylic acids is 1. The van der Waals surface area contributed by atoms with E-state index in [1.165, 1.54) is 21.3 Å². The molecule has 8 atom stereocenters. The molecule has 2 aromatic rings. The summed E-state index contributed by atoms with van der Waals surface area (Å²) in [7, 11) is 4.58. The van der Waals surface area contributed by atoms with Crippen molar-refractivity contribution in [3.8, 4) is 28.7 Å². The normalized spacial score (nSPS) is 30.8. The van der Waals surface area contributed by atoms with Crippen LogP contribution in [0.2, 0.25) is 0 Å². The molecule has 0 spiro atoms. The molecule has 0 aromatic heterocycles. The highest BCUT2D eigenvalue weighted by molar-refractivity contribution is 5.85. The molecule has 2 aromatic carbocycles. The van der Waals surface area contributed by atoms with Gasteiger partial charge in [-0.1, -0.05) is 27.2 Å². The molecule has 0 amide bonds. The molecule has 2 aliphatic heterocycles. The number of aliphatic carboxylic acids is 1. The molecule has 2 heterocycles. The molecule has 2 aliphatic carbocycles. The lowest BCUT2D eigenvalue weighted by molar-refractivity contribution is -0.199. The Kier molecular flexibility index (Phi) is 7.83. The number of hydrogen-bond donors (Lipinski definition) is 1. The van der Waals surface area contributed by atoms with Crippen LogP contribution in [0.25, 0.3) is 0 Å². The number of ether oxygens (including phenoxy) is 7. The first kappa shape index (κ1) is 29.4. The Morgan fingerprint density at radius 3 is 2.19 bits per heavy atom. The van der Waals surface area contributed by atoms with Gasteiger partial charge in [-0.25, -0.2) is 0 Å². The molecule has 10 heteroatoms. The Balaban J connectivity index is 1.51. The summed E-state index contributed by atoms with van der Waals surface area (Å²) in [4.78, 5) is 27.0. The molecule has 1 saturated heterocycles. The van der Waals surface area contributed by atoms with Crippen molar-refractivity contribution < 1.29 is 47.9 Å². The maximum Gasteiger partial charge on any atom is 0.312 e. The summed E-state index contributed by atoms with van der Waals surface area (Å²) in [6.07, 6.45) is 1.80. The van der Waals surface area contributed by atoms with Crippen LogP contribution in [0.3, 0.4) is 0 Å². The Bertz CT molecular complexity index is 1380. The predicted molar refractivity (Wildman–Crippen MR) is 154 cm³/mol. The molecule has 1 N–H and O–H groups in total. The molecule has 4 aliphatic rings. The van der Waals surface area contributed by atoms with Gasteiger partial charge in [0.05, 0.1) is 45.2 Å². The smallest absolute Gasteiger partial charge is 0.312 e. The van der Waals surface area contributed by atoms with Gasteiger partial charge in [-0.2, -0.15) is 0 Å². The monoisotopic (exact) mass is 596 g/mol. The second-order valence-electron chi connectivity index (χ2n) is 12.5. The van der Waals surface area contributed by atoms with E-state index in [-0.39, 0.29) is 18.8 Å². The minimum Gasteiger partial charge on any atom is -0.493 e. The third-order valence-electron chi connectivity index (χ3n) is 9.81. The lowest BCUT2D eigenvalue weighted by Crippen LogP contribution is -2.44. The van der Waals surface area contributed by atoms with E-state index in [1.54, 1.807) is 24.3 Å². The molecular weight excluding hydrogens is 556 g/mol. The number of cyclic esters (lactones) is 1. The Morgan fingerprint density at radius 1 is 0.953 bits per heavy atom. The highest BCUT2D eigenvalue weighted by Crippen LogP contribution is 2.58. The first-order valence-electron chi connectivity index (χ1n) is 15.0. The van der Waals surface area contributed by atoms with Crippen LogP contribution >= 0.6 is 0 Å². The summed E-state index contributed by atoms with van der Waals surface area (Å²) in [5.74, 6) is -1.51. The number of esters is 1. The van der Waals surface area contributed by atoms with Crippen LogP contribution in [-0.2, 0) is 19.1 Å². The van der Waals surface area contributed by atoms with Crippen molar-refractivity contribution in [3.05, 3.63) is 41.0 Å². The summed E-state index contributed by atoms with van der Waals surface area (Å²) in [5, 5.41) is 10.7. The van der Waals surface area contributed by atoms with Crippen LogP contribution in [-0.4, -0.2) is 57.6 Å². The molecule has 0 bridgehead atoms. The van der Waals surface area contributed by atoms with Gasteiger partial charge in [0.15, 0.2) is 23.0 Å². The van der Waals surface area contributed by atoms with E-state index < -0.39 is 41.9 Å². The van der Waals surface area contributed by atoms with Gasteiger partial charge in [-0.3, -0.25) is 9.59 Å². The van der Waals surface area contributed by atoms with Gasteiger partial charge in [0.2, 0.25) is 18.8 Å². The molecule has 1 saturated carbocycles. The minimum atomic E-state index is -1.07. The Hall–Kier alpha value is -3.66. The molecule has 0 radical (unpaired) electrons. The number of methoxy groups -OCH3 is 3. The van der Waals surface area contributed by atoms with E-state index in [9.17, 15) is 14.7 Å². The van der Waals surface area contributed by atoms with Gasteiger partial charge in [0, 0.05) is 5.92 Å². The first-order valence-corrected chi connectivity index (χ1v) is 15.0. The van der Waals surface area contributed by atoms with Crippen molar-refractivity contribution in [2.75, 3.05) is 28.1 Å². The maximum atomic E-state index is 13.9. The summed E-state index contributed by atoms with van der Waals surface area (Å²) < 4.78 is 40.9. The van der Waals surface area contributed by atoms with Crippen molar-refractivity contribution in [2.24, 2.45) is 29.6 Å². The average Bonchev–Trinajstić information content (AvgIpc) is 3.57. The maximum absolute atomic E-state index is 13.9. The lowest BCUT2D eigenvalue weighted by Gasteiger charge is -2.41. The van der Waals surface area contributed by atoms with Crippen LogP contribution in [0, 0.1) is 29.6 Å². The SMILES string of the molecule is COc1cc([C@@H]2c3cc4c(cc3[C@H](C(=O)O)[C@H]3[C@H](O[C@H]5C[C@@H](C)CC[C@@H]5C(C)C)OC(=O)[C@H]23)OCO4)cc(OC)c1OC. The topological polar surface area (TPSA) is 119 Å². The fraction of sp³-hybridized carbons (Fsp3) is 0.576. The fourth-order valence-electron chi connectivity index (χ4n) is 7.76. The molecule has 232 valence electrons. The van der Waals surface area contributed by atoms with Gasteiger partial charge in [-0.05, 0) is 71.6 Å². The first-order chi connectivity index (χ1) is 20.7. The third-order valence-corrected chi connectivity index (χ3v) is 9.81. The van der Waals surface area contributed by atoms with Crippen molar-refractivity contribution in [1.82, 2.24) is 0 Å². The molecule has 2 fully saturated rings. The zero-order chi connectivity index (χ0) is 30.6. The van der Waals surface area contributed by atoms with Crippen LogP contribution in [0.5, 0.6) is 28.7 Å². The number of carboxylic acid groups (broad SMARTS) is 1. The van der Waals surface area contributed by atoms with E-state index in [1.807, 2.05) is 0 Å². The van der Waals surface area contributed by atoms with Crippen LogP contribution in [0.15, 0.2) is 24.3 Å². The van der Waals surface area contributed by atoms with Crippen LogP contribution in [0.4, 0.5) is 0 Å². The summed E-state index contributed by atoms with van der Waals surface area (Å²) in [6.45, 7) is 6.60. The Labute approximate surface area is 251 Å². The highest BCUT2D eigenvalue weighted by Gasteiger charge is 2.60. The highest BCUT2D eigenvalue weighted by atomic mass is 16.7. The number of hydrogen-bond acceptors (Lipinski definition) is 9. The number of carbonyl (C=O) groups excluding carboxylic acids is 1. The summed E-state index contributed by atoms with van der Waals surface area (Å²) >= 11 is 0. The molecule has 10 nitrogen and oxygen atoms in total. The van der Waals surface area contributed by atoms with Crippen molar-refractivity contribution in [2.45, 2.75) is 64.3 Å². The molecule has 43 heavy (non-hydrogen) atoms. The van der Waals surface area contributed by atoms with E-state index in [0.29, 0.717) is 57.3 Å². The zero-order valence-electron chi connectivity index (χ0n) is 25.5. The molecule has 0 unspecified atom stereocenters. The van der Waals surface area contributed by atoms with Crippen molar-refractivity contribution in [1.29, 1.82) is 0 Å². The van der Waals surface area contributed by atoms with E-state index >= 15 is 0 Å². The average molecular weight is 597 g/mol. The van der Waals surface area contributed by atoms with Crippen molar-refractivity contribution in [3.63, 3.8) is 0 Å².